The van der Waals surface area contributed by atoms with Crippen LogP contribution < -0.4 is 5.32 Å². The molecule has 0 saturated carbocycles. The number of anilines is 1. The van der Waals surface area contributed by atoms with E-state index in [1.165, 1.54) is 13.2 Å². The number of ether oxygens (including phenoxy) is 1. The van der Waals surface area contributed by atoms with Crippen molar-refractivity contribution >= 4 is 34.5 Å². The van der Waals surface area contributed by atoms with E-state index < -0.39 is 5.97 Å². The quantitative estimate of drug-likeness (QED) is 0.687. The third kappa shape index (κ3) is 3.48. The van der Waals surface area contributed by atoms with Gasteiger partial charge in [-0.25, -0.2) is 4.79 Å². The number of nitrogens with zero attached hydrogens (tertiary/aromatic N) is 2. The van der Waals surface area contributed by atoms with Gasteiger partial charge in [-0.3, -0.25) is 4.79 Å². The maximum Gasteiger partial charge on any atom is 0.361 e. The largest absolute Gasteiger partial charge is 0.464 e. The van der Waals surface area contributed by atoms with E-state index in [2.05, 4.69) is 19.6 Å². The maximum absolute atomic E-state index is 11.7. The molecule has 1 aromatic carbocycles. The van der Waals surface area contributed by atoms with Gasteiger partial charge in [0.05, 0.1) is 7.11 Å². The lowest BCUT2D eigenvalue weighted by Crippen LogP contribution is -2.11. The van der Waals surface area contributed by atoms with Gasteiger partial charge in [-0.15, -0.1) is 5.10 Å². The second-order valence-corrected chi connectivity index (χ2v) is 4.43. The molecular formula is C13H11N3O3S. The maximum atomic E-state index is 11.7. The minimum atomic E-state index is -0.638. The fourth-order valence-corrected chi connectivity index (χ4v) is 1.95. The molecule has 1 aromatic heterocycles. The van der Waals surface area contributed by atoms with Gasteiger partial charge in [-0.05, 0) is 11.6 Å². The van der Waals surface area contributed by atoms with Crippen molar-refractivity contribution in [3.63, 3.8) is 0 Å². The molecule has 0 bridgehead atoms. The smallest absolute Gasteiger partial charge is 0.361 e. The molecule has 2 aromatic rings. The normalized spacial score (nSPS) is 10.4. The van der Waals surface area contributed by atoms with Crippen LogP contribution in [0.3, 0.4) is 0 Å². The van der Waals surface area contributed by atoms with Crippen molar-refractivity contribution in [2.24, 2.45) is 0 Å². The molecule has 1 amide bonds. The Morgan fingerprint density at radius 1 is 1.30 bits per heavy atom. The topological polar surface area (TPSA) is 81.2 Å². The number of aromatic nitrogens is 2. The van der Waals surface area contributed by atoms with Gasteiger partial charge in [0.25, 0.3) is 0 Å². The number of hydrogen-bond donors (Lipinski definition) is 1. The third-order valence-electron chi connectivity index (χ3n) is 2.33. The summed E-state index contributed by atoms with van der Waals surface area (Å²) in [6, 6.07) is 9.39. The molecule has 20 heavy (non-hydrogen) atoms. The van der Waals surface area contributed by atoms with Crippen LogP contribution in [0.25, 0.3) is 6.08 Å². The molecule has 7 heteroatoms. The Bertz CT molecular complexity index is 637. The third-order valence-corrected chi connectivity index (χ3v) is 2.97. The van der Waals surface area contributed by atoms with Crippen LogP contribution in [0.15, 0.2) is 36.4 Å². The van der Waals surface area contributed by atoms with Crippen molar-refractivity contribution in [2.75, 3.05) is 12.4 Å². The minimum Gasteiger partial charge on any atom is -0.464 e. The molecular weight excluding hydrogens is 278 g/mol. The monoisotopic (exact) mass is 289 g/mol. The molecule has 0 aliphatic carbocycles. The van der Waals surface area contributed by atoms with Gasteiger partial charge in [0.2, 0.25) is 11.6 Å². The summed E-state index contributed by atoms with van der Waals surface area (Å²) in [7, 11) is 1.24. The molecule has 2 rings (SSSR count). The minimum absolute atomic E-state index is 0.000962. The molecule has 102 valence electrons. The number of carbonyl (C=O) groups is 2. The van der Waals surface area contributed by atoms with Gasteiger partial charge in [-0.1, -0.05) is 34.8 Å². The first-order chi connectivity index (χ1) is 9.70. The van der Waals surface area contributed by atoms with E-state index in [-0.39, 0.29) is 16.6 Å². The zero-order valence-corrected chi connectivity index (χ0v) is 11.4. The second kappa shape index (κ2) is 6.58. The number of nitrogens with one attached hydrogen (secondary N) is 1. The Kier molecular flexibility index (Phi) is 4.56. The summed E-state index contributed by atoms with van der Waals surface area (Å²) in [4.78, 5) is 23.1. The van der Waals surface area contributed by atoms with Gasteiger partial charge in [0, 0.05) is 17.6 Å². The van der Waals surface area contributed by atoms with Crippen LogP contribution in [-0.2, 0) is 9.53 Å². The number of benzene rings is 1. The molecule has 0 aliphatic rings. The van der Waals surface area contributed by atoms with E-state index in [9.17, 15) is 9.59 Å². The zero-order chi connectivity index (χ0) is 14.4. The predicted molar refractivity (Wildman–Crippen MR) is 75.4 cm³/mol. The van der Waals surface area contributed by atoms with E-state index in [0.717, 1.165) is 17.1 Å². The van der Waals surface area contributed by atoms with Crippen LogP contribution >= 0.6 is 11.5 Å². The van der Waals surface area contributed by atoms with Crippen molar-refractivity contribution in [2.45, 2.75) is 0 Å². The fraction of sp³-hybridized carbons (Fsp3) is 0.0769. The first-order valence-corrected chi connectivity index (χ1v) is 6.43. The Morgan fingerprint density at radius 2 is 2.05 bits per heavy atom. The van der Waals surface area contributed by atoms with Gasteiger partial charge >= 0.3 is 5.97 Å². The van der Waals surface area contributed by atoms with Crippen molar-refractivity contribution in [1.29, 1.82) is 0 Å². The molecule has 0 fully saturated rings. The van der Waals surface area contributed by atoms with Crippen molar-refractivity contribution in [3.8, 4) is 0 Å². The summed E-state index contributed by atoms with van der Waals surface area (Å²) in [6.07, 6.45) is 3.04. The average Bonchev–Trinajstić information content (AvgIpc) is 2.93. The second-order valence-electron chi connectivity index (χ2n) is 3.68. The van der Waals surface area contributed by atoms with Crippen LogP contribution in [0.5, 0.6) is 0 Å². The zero-order valence-electron chi connectivity index (χ0n) is 10.6. The average molecular weight is 289 g/mol. The fourth-order valence-electron chi connectivity index (χ4n) is 1.39. The summed E-state index contributed by atoms with van der Waals surface area (Å²) in [6.45, 7) is 0. The summed E-state index contributed by atoms with van der Waals surface area (Å²) < 4.78 is 8.16. The molecule has 0 atom stereocenters. The first-order valence-electron chi connectivity index (χ1n) is 5.65. The highest BCUT2D eigenvalue weighted by atomic mass is 32.1. The van der Waals surface area contributed by atoms with E-state index >= 15 is 0 Å². The van der Waals surface area contributed by atoms with Crippen LogP contribution in [0.4, 0.5) is 5.00 Å². The first kappa shape index (κ1) is 13.9. The Labute approximate surface area is 119 Å². The van der Waals surface area contributed by atoms with E-state index in [4.69, 9.17) is 0 Å². The molecule has 0 saturated heterocycles. The van der Waals surface area contributed by atoms with Gasteiger partial charge in [0.1, 0.15) is 0 Å². The van der Waals surface area contributed by atoms with Crippen molar-refractivity contribution in [3.05, 3.63) is 47.7 Å². The van der Waals surface area contributed by atoms with Gasteiger partial charge in [-0.2, -0.15) is 0 Å². The summed E-state index contributed by atoms with van der Waals surface area (Å²) >= 11 is 0.915. The number of amides is 1. The van der Waals surface area contributed by atoms with Crippen LogP contribution in [0.1, 0.15) is 16.1 Å². The lowest BCUT2D eigenvalue weighted by atomic mass is 10.2. The highest BCUT2D eigenvalue weighted by molar-refractivity contribution is 7.10. The van der Waals surface area contributed by atoms with Gasteiger partial charge < -0.3 is 10.1 Å². The molecule has 0 spiro atoms. The Morgan fingerprint density at radius 3 is 2.75 bits per heavy atom. The molecule has 6 nitrogen and oxygen atoms in total. The SMILES string of the molecule is COC(=O)c1nnsc1NC(=O)C=Cc1ccccc1. The van der Waals surface area contributed by atoms with Crippen LogP contribution in [0.2, 0.25) is 0 Å². The summed E-state index contributed by atoms with van der Waals surface area (Å²) in [5.41, 5.74) is 0.900. The predicted octanol–water partition coefficient (Wildman–Crippen LogP) is 1.98. The number of methoxy groups -OCH3 is 1. The lowest BCUT2D eigenvalue weighted by Gasteiger charge is -1.99. The Hall–Kier alpha value is -2.54. The summed E-state index contributed by atoms with van der Waals surface area (Å²) in [5, 5.41) is 6.42. The molecule has 1 heterocycles. The molecule has 0 aliphatic heterocycles. The molecule has 0 unspecified atom stereocenters. The van der Waals surface area contributed by atoms with E-state index in [0.29, 0.717) is 0 Å². The number of hydrogen-bond acceptors (Lipinski definition) is 6. The number of carbonyl (C=O) groups excluding carboxylic acids is 2. The van der Waals surface area contributed by atoms with Crippen molar-refractivity contribution < 1.29 is 14.3 Å². The molecule has 1 N–H and O–H groups in total. The molecule has 0 radical (unpaired) electrons. The van der Waals surface area contributed by atoms with Crippen LogP contribution in [0, 0.1) is 0 Å². The standard InChI is InChI=1S/C13H11N3O3S/c1-19-13(18)11-12(20-16-15-11)14-10(17)8-7-9-5-3-2-4-6-9/h2-8H,1H3,(H,14,17). The van der Waals surface area contributed by atoms with Gasteiger partial charge in [0.15, 0.2) is 5.00 Å². The van der Waals surface area contributed by atoms with Crippen molar-refractivity contribution in [1.82, 2.24) is 9.59 Å². The van der Waals surface area contributed by atoms with Crippen LogP contribution in [-0.4, -0.2) is 28.6 Å². The Balaban J connectivity index is 2.04. The van der Waals surface area contributed by atoms with E-state index in [1.807, 2.05) is 30.3 Å². The highest BCUT2D eigenvalue weighted by Crippen LogP contribution is 2.18. The van der Waals surface area contributed by atoms with E-state index in [1.54, 1.807) is 6.08 Å². The highest BCUT2D eigenvalue weighted by Gasteiger charge is 2.17. The summed E-state index contributed by atoms with van der Waals surface area (Å²) in [5.74, 6) is -1.01. The number of rotatable bonds is 4. The lowest BCUT2D eigenvalue weighted by molar-refractivity contribution is -0.111. The number of esters is 1.